The summed E-state index contributed by atoms with van der Waals surface area (Å²) < 4.78 is 0. The molecule has 3 rings (SSSR count). The van der Waals surface area contributed by atoms with Crippen molar-refractivity contribution in [3.8, 4) is 0 Å². The Morgan fingerprint density at radius 2 is 0.938 bits per heavy atom. The largest absolute Gasteiger partial charge is 0.106 e. The lowest BCUT2D eigenvalue weighted by Crippen LogP contribution is -1.90. The van der Waals surface area contributed by atoms with E-state index in [0.717, 1.165) is 0 Å². The zero-order valence-corrected chi connectivity index (χ0v) is 11.1. The standard InChI is InChI=1S/C14H12P2/c15-13-3-1-9-5-12-8-14(16)4-2-10(12)6-11(9)7-13/h1-8H,15-16H2. The van der Waals surface area contributed by atoms with E-state index >= 15 is 0 Å². The highest BCUT2D eigenvalue weighted by atomic mass is 31.0. The molecule has 0 N–H and O–H groups in total. The Hall–Kier alpha value is -0.960. The molecule has 0 aromatic heterocycles. The predicted molar refractivity (Wildman–Crippen MR) is 80.1 cm³/mol. The third-order valence-electron chi connectivity index (χ3n) is 2.84. The maximum atomic E-state index is 2.74. The third-order valence-corrected chi connectivity index (χ3v) is 3.56. The quantitative estimate of drug-likeness (QED) is 0.420. The summed E-state index contributed by atoms with van der Waals surface area (Å²) in [6.45, 7) is 0. The Bertz CT molecular complexity index is 625. The minimum Gasteiger partial charge on any atom is -0.106 e. The first-order valence-corrected chi connectivity index (χ1v) is 6.36. The fourth-order valence-electron chi connectivity index (χ4n) is 2.03. The van der Waals surface area contributed by atoms with E-state index in [1.165, 1.54) is 32.2 Å². The van der Waals surface area contributed by atoms with Crippen LogP contribution in [0.1, 0.15) is 0 Å². The lowest BCUT2D eigenvalue weighted by molar-refractivity contribution is 1.83. The van der Waals surface area contributed by atoms with E-state index in [-0.39, 0.29) is 0 Å². The summed E-state index contributed by atoms with van der Waals surface area (Å²) in [5, 5.41) is 7.67. The van der Waals surface area contributed by atoms with Gasteiger partial charge in [0.1, 0.15) is 0 Å². The maximum absolute atomic E-state index is 2.74. The molecule has 2 heteroatoms. The summed E-state index contributed by atoms with van der Waals surface area (Å²) in [6.07, 6.45) is 0. The number of rotatable bonds is 0. The number of benzene rings is 3. The van der Waals surface area contributed by atoms with Crippen LogP contribution in [-0.4, -0.2) is 0 Å². The molecule has 0 amide bonds. The van der Waals surface area contributed by atoms with Gasteiger partial charge in [-0.3, -0.25) is 0 Å². The van der Waals surface area contributed by atoms with Gasteiger partial charge in [-0.2, -0.15) is 0 Å². The molecule has 0 spiro atoms. The van der Waals surface area contributed by atoms with Gasteiger partial charge in [0, 0.05) is 0 Å². The monoisotopic (exact) mass is 242 g/mol. The van der Waals surface area contributed by atoms with E-state index in [1.807, 2.05) is 0 Å². The van der Waals surface area contributed by atoms with Crippen molar-refractivity contribution in [3.63, 3.8) is 0 Å². The fourth-order valence-corrected chi connectivity index (χ4v) is 2.59. The second-order valence-corrected chi connectivity index (χ2v) is 5.40. The van der Waals surface area contributed by atoms with Gasteiger partial charge in [0.05, 0.1) is 0 Å². The van der Waals surface area contributed by atoms with Crippen molar-refractivity contribution in [1.29, 1.82) is 0 Å². The normalized spacial score (nSPS) is 11.1. The van der Waals surface area contributed by atoms with E-state index in [9.17, 15) is 0 Å². The van der Waals surface area contributed by atoms with Crippen LogP contribution in [-0.2, 0) is 0 Å². The average Bonchev–Trinajstić information content (AvgIpc) is 2.26. The molecular formula is C14H12P2. The van der Waals surface area contributed by atoms with Gasteiger partial charge in [0.15, 0.2) is 0 Å². The van der Waals surface area contributed by atoms with Crippen LogP contribution < -0.4 is 10.6 Å². The second-order valence-electron chi connectivity index (χ2n) is 4.07. The molecule has 0 saturated heterocycles. The molecule has 16 heavy (non-hydrogen) atoms. The zero-order chi connectivity index (χ0) is 11.1. The lowest BCUT2D eigenvalue weighted by Gasteiger charge is -2.04. The SMILES string of the molecule is Pc1ccc2cc3cc(P)ccc3cc2c1. The summed E-state index contributed by atoms with van der Waals surface area (Å²) in [5.41, 5.74) is 0. The van der Waals surface area contributed by atoms with Gasteiger partial charge < -0.3 is 0 Å². The van der Waals surface area contributed by atoms with E-state index in [0.29, 0.717) is 0 Å². The van der Waals surface area contributed by atoms with Gasteiger partial charge in [0.2, 0.25) is 0 Å². The highest BCUT2D eigenvalue weighted by molar-refractivity contribution is 7.27. The van der Waals surface area contributed by atoms with Crippen LogP contribution in [0.5, 0.6) is 0 Å². The average molecular weight is 242 g/mol. The molecule has 0 aliphatic carbocycles. The Balaban J connectivity index is 2.44. The molecule has 0 bridgehead atoms. The summed E-state index contributed by atoms with van der Waals surface area (Å²) in [4.78, 5) is 0. The first-order chi connectivity index (χ1) is 7.72. The Morgan fingerprint density at radius 3 is 1.38 bits per heavy atom. The highest BCUT2D eigenvalue weighted by Crippen LogP contribution is 2.22. The molecule has 0 fully saturated rings. The molecule has 0 aliphatic heterocycles. The maximum Gasteiger partial charge on any atom is -0.0171 e. The minimum atomic E-state index is 1.23. The molecule has 3 aromatic rings. The summed E-state index contributed by atoms with van der Waals surface area (Å²) >= 11 is 0. The van der Waals surface area contributed by atoms with Crippen molar-refractivity contribution in [3.05, 3.63) is 48.5 Å². The van der Waals surface area contributed by atoms with Crippen molar-refractivity contribution in [2.45, 2.75) is 0 Å². The summed E-state index contributed by atoms with van der Waals surface area (Å²) in [6, 6.07) is 17.5. The molecule has 0 aliphatic rings. The lowest BCUT2D eigenvalue weighted by atomic mass is 10.0. The van der Waals surface area contributed by atoms with Crippen LogP contribution in [0.25, 0.3) is 21.5 Å². The van der Waals surface area contributed by atoms with Crippen molar-refractivity contribution in [2.75, 3.05) is 0 Å². The van der Waals surface area contributed by atoms with E-state index in [4.69, 9.17) is 0 Å². The smallest absolute Gasteiger partial charge is 0.0171 e. The number of hydrogen-bond donors (Lipinski definition) is 0. The Labute approximate surface area is 99.5 Å². The summed E-state index contributed by atoms with van der Waals surface area (Å²) in [5.74, 6) is 0. The van der Waals surface area contributed by atoms with E-state index in [2.05, 4.69) is 67.0 Å². The van der Waals surface area contributed by atoms with Crippen LogP contribution in [0.3, 0.4) is 0 Å². The third kappa shape index (κ3) is 1.73. The van der Waals surface area contributed by atoms with Crippen molar-refractivity contribution < 1.29 is 0 Å². The van der Waals surface area contributed by atoms with Gasteiger partial charge in [-0.15, -0.1) is 18.5 Å². The topological polar surface area (TPSA) is 0 Å². The molecule has 3 aromatic carbocycles. The number of hydrogen-bond acceptors (Lipinski definition) is 0. The molecule has 0 saturated carbocycles. The van der Waals surface area contributed by atoms with Crippen LogP contribution >= 0.6 is 18.5 Å². The van der Waals surface area contributed by atoms with E-state index < -0.39 is 0 Å². The number of fused-ring (bicyclic) bond motifs is 2. The molecule has 2 unspecified atom stereocenters. The predicted octanol–water partition coefficient (Wildman–Crippen LogP) is 2.99. The molecule has 2 atom stereocenters. The zero-order valence-electron chi connectivity index (χ0n) is 8.77. The van der Waals surface area contributed by atoms with Gasteiger partial charge in [-0.25, -0.2) is 0 Å². The van der Waals surface area contributed by atoms with Crippen LogP contribution in [0.15, 0.2) is 48.5 Å². The van der Waals surface area contributed by atoms with Gasteiger partial charge in [0.25, 0.3) is 0 Å². The first-order valence-electron chi connectivity index (χ1n) is 5.21. The first kappa shape index (κ1) is 10.2. The Kier molecular flexibility index (Phi) is 2.43. The Morgan fingerprint density at radius 1 is 0.500 bits per heavy atom. The molecule has 0 nitrogen and oxygen atoms in total. The van der Waals surface area contributed by atoms with Crippen molar-refractivity contribution in [1.82, 2.24) is 0 Å². The summed E-state index contributed by atoms with van der Waals surface area (Å²) in [7, 11) is 5.49. The second kappa shape index (κ2) is 3.81. The van der Waals surface area contributed by atoms with Crippen molar-refractivity contribution in [2.24, 2.45) is 0 Å². The van der Waals surface area contributed by atoms with Crippen LogP contribution in [0, 0.1) is 0 Å². The van der Waals surface area contributed by atoms with Crippen LogP contribution in [0.2, 0.25) is 0 Å². The molecule has 78 valence electrons. The van der Waals surface area contributed by atoms with Gasteiger partial charge in [-0.1, -0.05) is 24.3 Å². The van der Waals surface area contributed by atoms with Crippen LogP contribution in [0.4, 0.5) is 0 Å². The van der Waals surface area contributed by atoms with Crippen molar-refractivity contribution >= 4 is 50.6 Å². The minimum absolute atomic E-state index is 1.23. The van der Waals surface area contributed by atoms with Gasteiger partial charge >= 0.3 is 0 Å². The van der Waals surface area contributed by atoms with E-state index in [1.54, 1.807) is 0 Å². The highest BCUT2D eigenvalue weighted by Gasteiger charge is 1.98. The molecule has 0 heterocycles. The fraction of sp³-hybridized carbons (Fsp3) is 0. The molecular weight excluding hydrogens is 230 g/mol. The van der Waals surface area contributed by atoms with Gasteiger partial charge in [-0.05, 0) is 56.4 Å². The molecule has 0 radical (unpaired) electrons.